The van der Waals surface area contributed by atoms with E-state index in [2.05, 4.69) is 4.74 Å². The molecule has 0 atom stereocenters. The van der Waals surface area contributed by atoms with E-state index in [0.29, 0.717) is 5.56 Å². The second-order valence-corrected chi connectivity index (χ2v) is 5.79. The van der Waals surface area contributed by atoms with E-state index in [4.69, 9.17) is 0 Å². The molecule has 1 aromatic rings. The average molecular weight is 270 g/mol. The Balaban J connectivity index is 3.22. The summed E-state index contributed by atoms with van der Waals surface area (Å²) in [5.74, 6) is -1.83. The van der Waals surface area contributed by atoms with Gasteiger partial charge >= 0.3 is 5.97 Å². The molecule has 0 aliphatic carbocycles. The van der Waals surface area contributed by atoms with Gasteiger partial charge < -0.3 is 4.74 Å². The van der Waals surface area contributed by atoms with E-state index in [0.717, 1.165) is 6.26 Å². The molecule has 98 valence electrons. The molecule has 1 rings (SSSR count). The van der Waals surface area contributed by atoms with Gasteiger partial charge in [-0.3, -0.25) is 4.79 Å². The fourth-order valence-electron chi connectivity index (χ4n) is 1.46. The number of carbonyl (C=O) groups excluding carboxylic acids is 2. The van der Waals surface area contributed by atoms with Crippen LogP contribution in [0.4, 0.5) is 0 Å². The zero-order chi connectivity index (χ0) is 13.9. The minimum Gasteiger partial charge on any atom is -0.460 e. The number of Topliss-reactive ketones (excluding diaryl/α,β-unsaturated/α-hetero) is 1. The number of benzene rings is 1. The van der Waals surface area contributed by atoms with Crippen LogP contribution < -0.4 is 0 Å². The molecule has 0 aliphatic heterocycles. The second-order valence-electron chi connectivity index (χ2n) is 3.80. The van der Waals surface area contributed by atoms with Crippen molar-refractivity contribution in [2.75, 3.05) is 12.9 Å². The maximum absolute atomic E-state index is 11.7. The molecular formula is C12H14O5S. The normalized spacial score (nSPS) is 11.1. The molecule has 6 heteroatoms. The van der Waals surface area contributed by atoms with Crippen molar-refractivity contribution >= 4 is 21.6 Å². The van der Waals surface area contributed by atoms with Crippen molar-refractivity contribution in [3.63, 3.8) is 0 Å². The van der Waals surface area contributed by atoms with Crippen molar-refractivity contribution in [1.82, 2.24) is 0 Å². The van der Waals surface area contributed by atoms with Gasteiger partial charge in [-0.2, -0.15) is 0 Å². The highest BCUT2D eigenvalue weighted by Gasteiger charge is 2.20. The van der Waals surface area contributed by atoms with Crippen LogP contribution in [0.3, 0.4) is 0 Å². The summed E-state index contributed by atoms with van der Waals surface area (Å²) in [6.07, 6.45) is 1.05. The maximum atomic E-state index is 11.7. The summed E-state index contributed by atoms with van der Waals surface area (Å²) in [6.45, 7) is 3.30. The smallest absolute Gasteiger partial charge is 0.379 e. The predicted molar refractivity (Wildman–Crippen MR) is 65.3 cm³/mol. The molecule has 0 N–H and O–H groups in total. The minimum absolute atomic E-state index is 0.0134. The minimum atomic E-state index is -3.43. The van der Waals surface area contributed by atoms with Gasteiger partial charge in [0.15, 0.2) is 9.84 Å². The fourth-order valence-corrected chi connectivity index (χ4v) is 2.45. The van der Waals surface area contributed by atoms with Crippen LogP contribution in [-0.4, -0.2) is 33.0 Å². The van der Waals surface area contributed by atoms with E-state index in [1.54, 1.807) is 13.8 Å². The zero-order valence-corrected chi connectivity index (χ0v) is 11.2. The van der Waals surface area contributed by atoms with Crippen LogP contribution in [0.5, 0.6) is 0 Å². The summed E-state index contributed by atoms with van der Waals surface area (Å²) in [6, 6.07) is 4.09. The highest BCUT2D eigenvalue weighted by molar-refractivity contribution is 7.90. The lowest BCUT2D eigenvalue weighted by Crippen LogP contribution is -2.18. The summed E-state index contributed by atoms with van der Waals surface area (Å²) in [4.78, 5) is 23.0. The number of carbonyl (C=O) groups is 2. The van der Waals surface area contributed by atoms with Crippen molar-refractivity contribution in [3.8, 4) is 0 Å². The number of ketones is 1. The van der Waals surface area contributed by atoms with Crippen molar-refractivity contribution in [3.05, 3.63) is 29.3 Å². The molecule has 18 heavy (non-hydrogen) atoms. The summed E-state index contributed by atoms with van der Waals surface area (Å²) in [5, 5.41) is 0. The number of hydrogen-bond donors (Lipinski definition) is 0. The Bertz CT molecular complexity index is 586. The lowest BCUT2D eigenvalue weighted by atomic mass is 10.1. The first-order valence-corrected chi connectivity index (χ1v) is 7.18. The molecule has 0 bridgehead atoms. The van der Waals surface area contributed by atoms with E-state index < -0.39 is 21.6 Å². The van der Waals surface area contributed by atoms with Gasteiger partial charge in [-0.15, -0.1) is 0 Å². The van der Waals surface area contributed by atoms with Crippen molar-refractivity contribution in [2.45, 2.75) is 18.7 Å². The molecule has 0 amide bonds. The van der Waals surface area contributed by atoms with Crippen LogP contribution in [0, 0.1) is 6.92 Å². The molecular weight excluding hydrogens is 256 g/mol. The van der Waals surface area contributed by atoms with Crippen LogP contribution in [0.1, 0.15) is 22.8 Å². The molecule has 0 fully saturated rings. The van der Waals surface area contributed by atoms with Gasteiger partial charge in [0.05, 0.1) is 11.5 Å². The summed E-state index contributed by atoms with van der Waals surface area (Å²) < 4.78 is 27.6. The highest BCUT2D eigenvalue weighted by Crippen LogP contribution is 2.17. The molecule has 0 heterocycles. The van der Waals surface area contributed by atoms with Crippen LogP contribution in [0.25, 0.3) is 0 Å². The number of ether oxygens (including phenoxy) is 1. The average Bonchev–Trinajstić information content (AvgIpc) is 2.27. The first-order valence-electron chi connectivity index (χ1n) is 5.29. The van der Waals surface area contributed by atoms with Crippen molar-refractivity contribution in [1.29, 1.82) is 0 Å². The topological polar surface area (TPSA) is 77.5 Å². The Hall–Kier alpha value is -1.69. The van der Waals surface area contributed by atoms with E-state index in [1.165, 1.54) is 18.2 Å². The molecule has 1 aromatic carbocycles. The number of esters is 1. The third-order valence-corrected chi connectivity index (χ3v) is 3.55. The standard InChI is InChI=1S/C12H14O5S/c1-4-17-12(14)11(13)9-6-5-8(2)10(7-9)18(3,15)16/h5-7H,4H2,1-3H3. The van der Waals surface area contributed by atoms with Crippen LogP contribution >= 0.6 is 0 Å². The van der Waals surface area contributed by atoms with Crippen LogP contribution in [0.15, 0.2) is 23.1 Å². The van der Waals surface area contributed by atoms with Gasteiger partial charge in [-0.05, 0) is 25.5 Å². The first kappa shape index (κ1) is 14.4. The SMILES string of the molecule is CCOC(=O)C(=O)c1ccc(C)c(S(C)(=O)=O)c1. The van der Waals surface area contributed by atoms with Crippen LogP contribution in [0.2, 0.25) is 0 Å². The van der Waals surface area contributed by atoms with Crippen LogP contribution in [-0.2, 0) is 19.4 Å². The molecule has 0 saturated heterocycles. The number of hydrogen-bond acceptors (Lipinski definition) is 5. The van der Waals surface area contributed by atoms with Gasteiger partial charge in [0.2, 0.25) is 0 Å². The van der Waals surface area contributed by atoms with Gasteiger partial charge in [0, 0.05) is 11.8 Å². The number of aryl methyl sites for hydroxylation is 1. The van der Waals surface area contributed by atoms with Gasteiger partial charge in [-0.25, -0.2) is 13.2 Å². The second kappa shape index (κ2) is 5.30. The molecule has 0 radical (unpaired) electrons. The molecule has 5 nitrogen and oxygen atoms in total. The van der Waals surface area contributed by atoms with Crippen molar-refractivity contribution < 1.29 is 22.7 Å². The Morgan fingerprint density at radius 1 is 1.28 bits per heavy atom. The van der Waals surface area contributed by atoms with Gasteiger partial charge in [0.1, 0.15) is 0 Å². The summed E-state index contributed by atoms with van der Waals surface area (Å²) >= 11 is 0. The maximum Gasteiger partial charge on any atom is 0.379 e. The lowest BCUT2D eigenvalue weighted by Gasteiger charge is -2.06. The molecule has 0 aliphatic rings. The molecule has 0 saturated carbocycles. The first-order chi connectivity index (χ1) is 8.27. The van der Waals surface area contributed by atoms with Gasteiger partial charge in [0.25, 0.3) is 5.78 Å². The lowest BCUT2D eigenvalue weighted by molar-refractivity contribution is -0.137. The zero-order valence-electron chi connectivity index (χ0n) is 10.4. The van der Waals surface area contributed by atoms with E-state index >= 15 is 0 Å². The Morgan fingerprint density at radius 3 is 2.39 bits per heavy atom. The van der Waals surface area contributed by atoms with E-state index in [9.17, 15) is 18.0 Å². The Kier molecular flexibility index (Phi) is 4.24. The largest absolute Gasteiger partial charge is 0.460 e. The summed E-state index contributed by atoms with van der Waals surface area (Å²) in [7, 11) is -3.43. The van der Waals surface area contributed by atoms with E-state index in [-0.39, 0.29) is 17.1 Å². The Morgan fingerprint density at radius 2 is 1.89 bits per heavy atom. The highest BCUT2D eigenvalue weighted by atomic mass is 32.2. The number of sulfone groups is 1. The van der Waals surface area contributed by atoms with E-state index in [1.807, 2.05) is 0 Å². The molecule has 0 aromatic heterocycles. The molecule has 0 spiro atoms. The summed E-state index contributed by atoms with van der Waals surface area (Å²) in [5.41, 5.74) is 0.539. The quantitative estimate of drug-likeness (QED) is 0.466. The van der Waals surface area contributed by atoms with Gasteiger partial charge in [-0.1, -0.05) is 12.1 Å². The third-order valence-electron chi connectivity index (χ3n) is 2.31. The fraction of sp³-hybridized carbons (Fsp3) is 0.333. The molecule has 0 unspecified atom stereocenters. The number of rotatable bonds is 4. The monoisotopic (exact) mass is 270 g/mol. The van der Waals surface area contributed by atoms with Crippen molar-refractivity contribution in [2.24, 2.45) is 0 Å². The predicted octanol–water partition coefficient (Wildman–Crippen LogP) is 1.14. The Labute approximate surface area is 106 Å². The third kappa shape index (κ3) is 3.16.